The van der Waals surface area contributed by atoms with Crippen LogP contribution in [0.3, 0.4) is 0 Å². The van der Waals surface area contributed by atoms with Gasteiger partial charge in [-0.1, -0.05) is 12.1 Å². The summed E-state index contributed by atoms with van der Waals surface area (Å²) in [6, 6.07) is 16.5. The van der Waals surface area contributed by atoms with E-state index in [1.165, 1.54) is 29.9 Å². The fourth-order valence-corrected chi connectivity index (χ4v) is 4.54. The number of para-hydroxylation sites is 1. The molecule has 0 amide bonds. The molecule has 4 rings (SSSR count). The molecule has 0 aliphatic rings. The van der Waals surface area contributed by atoms with Gasteiger partial charge in [0.2, 0.25) is 0 Å². The van der Waals surface area contributed by atoms with E-state index < -0.39 is 15.8 Å². The number of fused-ring (bicyclic) bond motifs is 1. The number of aryl methyl sites for hydroxylation is 1. The van der Waals surface area contributed by atoms with Crippen LogP contribution in [0.5, 0.6) is 5.75 Å². The van der Waals surface area contributed by atoms with Crippen molar-refractivity contribution in [3.63, 3.8) is 0 Å². The number of methoxy groups -OCH3 is 1. The molecule has 0 saturated heterocycles. The number of benzene rings is 3. The van der Waals surface area contributed by atoms with Gasteiger partial charge in [-0.3, -0.25) is 14.1 Å². The van der Waals surface area contributed by atoms with Gasteiger partial charge in [-0.25, -0.2) is 17.8 Å². The zero-order valence-corrected chi connectivity index (χ0v) is 17.5. The highest BCUT2D eigenvalue weighted by molar-refractivity contribution is 7.92. The summed E-state index contributed by atoms with van der Waals surface area (Å²) in [5.74, 6) is -0.174. The van der Waals surface area contributed by atoms with Crippen LogP contribution in [0.2, 0.25) is 0 Å². The van der Waals surface area contributed by atoms with E-state index in [1.807, 2.05) is 6.07 Å². The van der Waals surface area contributed by atoms with E-state index in [9.17, 15) is 17.6 Å². The summed E-state index contributed by atoms with van der Waals surface area (Å²) in [4.78, 5) is 17.1. The van der Waals surface area contributed by atoms with Crippen molar-refractivity contribution in [2.75, 3.05) is 11.8 Å². The summed E-state index contributed by atoms with van der Waals surface area (Å²) in [7, 11) is -2.79. The molecule has 1 N–H and O–H groups in total. The second-order valence-corrected chi connectivity index (χ2v) is 8.42. The lowest BCUT2D eigenvalue weighted by molar-refractivity contribution is 0.401. The predicted molar refractivity (Wildman–Crippen MR) is 116 cm³/mol. The number of hydrogen-bond donors (Lipinski definition) is 1. The molecule has 0 aliphatic heterocycles. The topological polar surface area (TPSA) is 90.3 Å². The predicted octanol–water partition coefficient (Wildman–Crippen LogP) is 3.64. The molecule has 31 heavy (non-hydrogen) atoms. The van der Waals surface area contributed by atoms with E-state index in [2.05, 4.69) is 9.71 Å². The Morgan fingerprint density at radius 3 is 2.45 bits per heavy atom. The van der Waals surface area contributed by atoms with E-state index in [0.29, 0.717) is 22.4 Å². The smallest absolute Gasteiger partial charge is 0.265 e. The lowest BCUT2D eigenvalue weighted by Gasteiger charge is -2.13. The number of hydrogen-bond acceptors (Lipinski definition) is 5. The zero-order chi connectivity index (χ0) is 22.2. The number of ether oxygens (including phenoxy) is 1. The van der Waals surface area contributed by atoms with Gasteiger partial charge in [-0.15, -0.1) is 0 Å². The van der Waals surface area contributed by atoms with Crippen LogP contribution in [0.1, 0.15) is 5.82 Å². The van der Waals surface area contributed by atoms with Crippen molar-refractivity contribution >= 4 is 26.6 Å². The van der Waals surface area contributed by atoms with Gasteiger partial charge >= 0.3 is 0 Å². The van der Waals surface area contributed by atoms with Crippen LogP contribution in [0.4, 0.5) is 10.1 Å². The minimum absolute atomic E-state index is 0.0231. The number of anilines is 1. The monoisotopic (exact) mass is 439 g/mol. The van der Waals surface area contributed by atoms with Crippen molar-refractivity contribution in [2.24, 2.45) is 0 Å². The van der Waals surface area contributed by atoms with Crippen LogP contribution in [0, 0.1) is 12.7 Å². The number of nitrogens with zero attached hydrogens (tertiary/aromatic N) is 2. The van der Waals surface area contributed by atoms with E-state index in [0.717, 1.165) is 12.1 Å². The molecular weight excluding hydrogens is 421 g/mol. The molecule has 9 heteroatoms. The Morgan fingerprint density at radius 2 is 1.74 bits per heavy atom. The normalized spacial score (nSPS) is 11.5. The highest BCUT2D eigenvalue weighted by atomic mass is 32.2. The third-order valence-corrected chi connectivity index (χ3v) is 6.14. The first-order chi connectivity index (χ1) is 14.8. The molecule has 0 bridgehead atoms. The highest BCUT2D eigenvalue weighted by Crippen LogP contribution is 2.27. The first kappa shape index (κ1) is 20.5. The SMILES string of the molecule is COc1ccc(F)cc1S(=O)(=O)Nc1ccc(-n2c(C)nc3ccccc3c2=O)cc1. The summed E-state index contributed by atoms with van der Waals surface area (Å²) >= 11 is 0. The van der Waals surface area contributed by atoms with Crippen molar-refractivity contribution in [1.82, 2.24) is 9.55 Å². The fraction of sp³-hybridized carbons (Fsp3) is 0.0909. The first-order valence-corrected chi connectivity index (χ1v) is 10.7. The van der Waals surface area contributed by atoms with Crippen LogP contribution in [0.25, 0.3) is 16.6 Å². The number of sulfonamides is 1. The molecule has 0 saturated carbocycles. The maximum atomic E-state index is 13.6. The van der Waals surface area contributed by atoms with Crippen LogP contribution in [-0.4, -0.2) is 25.1 Å². The Hall–Kier alpha value is -3.72. The average Bonchev–Trinajstić information content (AvgIpc) is 2.75. The Bertz CT molecular complexity index is 1450. The molecule has 3 aromatic carbocycles. The number of rotatable bonds is 5. The third kappa shape index (κ3) is 3.87. The second kappa shape index (κ2) is 7.84. The molecule has 1 heterocycles. The van der Waals surface area contributed by atoms with Crippen molar-refractivity contribution in [2.45, 2.75) is 11.8 Å². The number of halogens is 1. The van der Waals surface area contributed by atoms with E-state index >= 15 is 0 Å². The minimum Gasteiger partial charge on any atom is -0.495 e. The Labute approximate surface area is 177 Å². The van der Waals surface area contributed by atoms with Crippen LogP contribution in [-0.2, 0) is 10.0 Å². The van der Waals surface area contributed by atoms with Gasteiger partial charge in [0.1, 0.15) is 22.3 Å². The number of nitrogens with one attached hydrogen (secondary N) is 1. The third-order valence-electron chi connectivity index (χ3n) is 4.74. The Morgan fingerprint density at radius 1 is 1.03 bits per heavy atom. The second-order valence-electron chi connectivity index (χ2n) is 6.76. The lowest BCUT2D eigenvalue weighted by Crippen LogP contribution is -2.22. The molecule has 158 valence electrons. The van der Waals surface area contributed by atoms with Gasteiger partial charge in [0.25, 0.3) is 15.6 Å². The molecule has 4 aromatic rings. The Balaban J connectivity index is 1.69. The van der Waals surface area contributed by atoms with E-state index in [-0.39, 0.29) is 21.9 Å². The maximum Gasteiger partial charge on any atom is 0.265 e. The standard InChI is InChI=1S/C22H18FN3O4S/c1-14-24-19-6-4-3-5-18(19)22(27)26(14)17-10-8-16(9-11-17)25-31(28,29)21-13-15(23)7-12-20(21)30-2/h3-13,25H,1-2H3. The molecule has 1 aromatic heterocycles. The summed E-state index contributed by atoms with van der Waals surface area (Å²) in [6.45, 7) is 1.72. The zero-order valence-electron chi connectivity index (χ0n) is 16.7. The summed E-state index contributed by atoms with van der Waals surface area (Å²) in [6.07, 6.45) is 0. The van der Waals surface area contributed by atoms with E-state index in [1.54, 1.807) is 37.3 Å². The summed E-state index contributed by atoms with van der Waals surface area (Å²) < 4.78 is 47.9. The van der Waals surface area contributed by atoms with Gasteiger partial charge in [0, 0.05) is 5.69 Å². The van der Waals surface area contributed by atoms with E-state index in [4.69, 9.17) is 4.74 Å². The van der Waals surface area contributed by atoms with Crippen molar-refractivity contribution in [3.8, 4) is 11.4 Å². The quantitative estimate of drug-likeness (QED) is 0.513. The molecule has 7 nitrogen and oxygen atoms in total. The molecule has 0 atom stereocenters. The highest BCUT2D eigenvalue weighted by Gasteiger charge is 2.21. The molecule has 0 aliphatic carbocycles. The maximum absolute atomic E-state index is 13.6. The fourth-order valence-electron chi connectivity index (χ4n) is 3.30. The summed E-state index contributed by atoms with van der Waals surface area (Å²) in [5, 5.41) is 0.482. The van der Waals surface area contributed by atoms with Crippen molar-refractivity contribution < 1.29 is 17.5 Å². The molecular formula is C22H18FN3O4S. The molecule has 0 unspecified atom stereocenters. The van der Waals surface area contributed by atoms with Gasteiger partial charge in [-0.2, -0.15) is 0 Å². The average molecular weight is 439 g/mol. The van der Waals surface area contributed by atoms with Crippen LogP contribution >= 0.6 is 0 Å². The van der Waals surface area contributed by atoms with Gasteiger partial charge in [-0.05, 0) is 61.5 Å². The lowest BCUT2D eigenvalue weighted by atomic mass is 10.2. The molecule has 0 fully saturated rings. The summed E-state index contributed by atoms with van der Waals surface area (Å²) in [5.41, 5.74) is 1.16. The largest absolute Gasteiger partial charge is 0.495 e. The molecule has 0 radical (unpaired) electrons. The van der Waals surface area contributed by atoms with Gasteiger partial charge in [0.15, 0.2) is 0 Å². The minimum atomic E-state index is -4.10. The van der Waals surface area contributed by atoms with Gasteiger partial charge < -0.3 is 4.74 Å². The Kier molecular flexibility index (Phi) is 5.20. The van der Waals surface area contributed by atoms with Crippen molar-refractivity contribution in [3.05, 3.63) is 88.7 Å². The number of aromatic nitrogens is 2. The van der Waals surface area contributed by atoms with Crippen LogP contribution < -0.4 is 15.0 Å². The van der Waals surface area contributed by atoms with Gasteiger partial charge in [0.05, 0.1) is 23.7 Å². The van der Waals surface area contributed by atoms with Crippen LogP contribution in [0.15, 0.2) is 76.4 Å². The molecule has 0 spiro atoms. The van der Waals surface area contributed by atoms with Crippen molar-refractivity contribution in [1.29, 1.82) is 0 Å². The first-order valence-electron chi connectivity index (χ1n) is 9.25.